The lowest BCUT2D eigenvalue weighted by Crippen LogP contribution is -2.28. The van der Waals surface area contributed by atoms with Gasteiger partial charge in [0.2, 0.25) is 0 Å². The summed E-state index contributed by atoms with van der Waals surface area (Å²) in [6.45, 7) is 2.23. The largest absolute Gasteiger partial charge is 0.478 e. The Morgan fingerprint density at radius 1 is 1.10 bits per heavy atom. The van der Waals surface area contributed by atoms with E-state index in [-0.39, 0.29) is 18.1 Å². The van der Waals surface area contributed by atoms with Crippen LogP contribution in [0.15, 0.2) is 48.5 Å². The minimum absolute atomic E-state index is 0.202. The first-order valence-electron chi connectivity index (χ1n) is 6.48. The van der Waals surface area contributed by atoms with Crippen molar-refractivity contribution >= 4 is 17.7 Å². The van der Waals surface area contributed by atoms with Gasteiger partial charge in [-0.25, -0.2) is 9.59 Å². The number of benzene rings is 2. The minimum atomic E-state index is -0.985. The zero-order valence-electron chi connectivity index (χ0n) is 11.6. The molecule has 0 aliphatic rings. The van der Waals surface area contributed by atoms with Crippen LogP contribution >= 0.6 is 0 Å². The van der Waals surface area contributed by atoms with Crippen LogP contribution in [0.1, 0.15) is 21.5 Å². The highest BCUT2D eigenvalue weighted by molar-refractivity contribution is 5.89. The second kappa shape index (κ2) is 6.56. The van der Waals surface area contributed by atoms with E-state index in [2.05, 4.69) is 10.6 Å². The second-order valence-electron chi connectivity index (χ2n) is 4.68. The number of urea groups is 1. The van der Waals surface area contributed by atoms with Crippen molar-refractivity contribution in [3.05, 3.63) is 65.2 Å². The van der Waals surface area contributed by atoms with Crippen molar-refractivity contribution in [1.82, 2.24) is 5.32 Å². The molecule has 2 aromatic carbocycles. The van der Waals surface area contributed by atoms with Crippen LogP contribution in [0.5, 0.6) is 0 Å². The molecule has 0 fully saturated rings. The third-order valence-electron chi connectivity index (χ3n) is 2.94. The maximum absolute atomic E-state index is 11.8. The smallest absolute Gasteiger partial charge is 0.335 e. The number of aromatic carboxylic acids is 1. The molecule has 0 heterocycles. The fraction of sp³-hybridized carbons (Fsp3) is 0.125. The minimum Gasteiger partial charge on any atom is -0.478 e. The maximum Gasteiger partial charge on any atom is 0.335 e. The van der Waals surface area contributed by atoms with Gasteiger partial charge in [0.25, 0.3) is 0 Å². The molecule has 2 rings (SSSR count). The van der Waals surface area contributed by atoms with Crippen molar-refractivity contribution in [2.24, 2.45) is 0 Å². The van der Waals surface area contributed by atoms with Gasteiger partial charge in [-0.05, 0) is 36.8 Å². The topological polar surface area (TPSA) is 78.4 Å². The van der Waals surface area contributed by atoms with Crippen LogP contribution in [0.25, 0.3) is 0 Å². The summed E-state index contributed by atoms with van der Waals surface area (Å²) < 4.78 is 0. The predicted octanol–water partition coefficient (Wildman–Crippen LogP) is 3.01. The van der Waals surface area contributed by atoms with Crippen LogP contribution in [0.4, 0.5) is 10.5 Å². The number of rotatable bonds is 4. The van der Waals surface area contributed by atoms with E-state index in [4.69, 9.17) is 5.11 Å². The van der Waals surface area contributed by atoms with E-state index in [9.17, 15) is 9.59 Å². The molecule has 108 valence electrons. The van der Waals surface area contributed by atoms with E-state index in [1.54, 1.807) is 12.1 Å². The summed E-state index contributed by atoms with van der Waals surface area (Å²) in [7, 11) is 0. The Morgan fingerprint density at radius 3 is 2.48 bits per heavy atom. The monoisotopic (exact) mass is 284 g/mol. The van der Waals surface area contributed by atoms with Gasteiger partial charge in [-0.1, -0.05) is 29.8 Å². The molecule has 0 saturated heterocycles. The van der Waals surface area contributed by atoms with Crippen LogP contribution in [0.3, 0.4) is 0 Å². The normalized spacial score (nSPS) is 9.95. The first-order chi connectivity index (χ1) is 10.0. The van der Waals surface area contributed by atoms with E-state index in [0.29, 0.717) is 5.69 Å². The standard InChI is InChI=1S/C16H16N2O3/c1-11-5-7-14(8-6-11)18-16(21)17-10-12-3-2-4-13(9-12)15(19)20/h2-9H,10H2,1H3,(H,19,20)(H2,17,18,21). The molecule has 0 aliphatic carbocycles. The number of carboxylic acid groups (broad SMARTS) is 1. The molecule has 21 heavy (non-hydrogen) atoms. The molecule has 2 aromatic rings. The Morgan fingerprint density at radius 2 is 1.81 bits per heavy atom. The number of hydrogen-bond donors (Lipinski definition) is 3. The van der Waals surface area contributed by atoms with Crippen molar-refractivity contribution in [3.8, 4) is 0 Å². The van der Waals surface area contributed by atoms with E-state index >= 15 is 0 Å². The molecule has 0 aliphatic heterocycles. The number of hydrogen-bond acceptors (Lipinski definition) is 2. The third-order valence-corrected chi connectivity index (χ3v) is 2.94. The number of anilines is 1. The van der Waals surface area contributed by atoms with Crippen LogP contribution in [-0.2, 0) is 6.54 Å². The summed E-state index contributed by atoms with van der Waals surface area (Å²) in [6, 6.07) is 13.6. The first-order valence-corrected chi connectivity index (χ1v) is 6.48. The molecule has 0 saturated carbocycles. The zero-order chi connectivity index (χ0) is 15.2. The lowest BCUT2D eigenvalue weighted by molar-refractivity contribution is 0.0696. The Hall–Kier alpha value is -2.82. The Bertz CT molecular complexity index is 651. The van der Waals surface area contributed by atoms with Gasteiger partial charge in [0.15, 0.2) is 0 Å². The Kier molecular flexibility index (Phi) is 4.56. The summed E-state index contributed by atoms with van der Waals surface area (Å²) >= 11 is 0. The van der Waals surface area contributed by atoms with Gasteiger partial charge in [-0.2, -0.15) is 0 Å². The highest BCUT2D eigenvalue weighted by Crippen LogP contribution is 2.09. The Labute approximate surface area is 122 Å². The number of nitrogens with one attached hydrogen (secondary N) is 2. The predicted molar refractivity (Wildman–Crippen MR) is 80.4 cm³/mol. The fourth-order valence-corrected chi connectivity index (χ4v) is 1.81. The number of amides is 2. The summed E-state index contributed by atoms with van der Waals surface area (Å²) in [5.74, 6) is -0.985. The molecular weight excluding hydrogens is 268 g/mol. The highest BCUT2D eigenvalue weighted by Gasteiger charge is 2.05. The van der Waals surface area contributed by atoms with E-state index in [1.165, 1.54) is 12.1 Å². The van der Waals surface area contributed by atoms with E-state index in [0.717, 1.165) is 11.1 Å². The summed E-state index contributed by atoms with van der Waals surface area (Å²) in [4.78, 5) is 22.6. The molecular formula is C16H16N2O3. The van der Waals surface area contributed by atoms with Crippen LogP contribution in [0, 0.1) is 6.92 Å². The lowest BCUT2D eigenvalue weighted by atomic mass is 10.1. The van der Waals surface area contributed by atoms with Crippen LogP contribution in [0.2, 0.25) is 0 Å². The first kappa shape index (κ1) is 14.6. The molecule has 0 unspecified atom stereocenters. The molecule has 5 heteroatoms. The average Bonchev–Trinajstić information content (AvgIpc) is 2.48. The zero-order valence-corrected chi connectivity index (χ0v) is 11.6. The number of carbonyl (C=O) groups excluding carboxylic acids is 1. The molecule has 2 amide bonds. The number of carboxylic acids is 1. The lowest BCUT2D eigenvalue weighted by Gasteiger charge is -2.08. The third kappa shape index (κ3) is 4.35. The number of aryl methyl sites for hydroxylation is 1. The average molecular weight is 284 g/mol. The van der Waals surface area contributed by atoms with Crippen molar-refractivity contribution in [2.45, 2.75) is 13.5 Å². The molecule has 0 aromatic heterocycles. The van der Waals surface area contributed by atoms with Gasteiger partial charge in [-0.3, -0.25) is 0 Å². The molecule has 0 atom stereocenters. The molecule has 0 bridgehead atoms. The van der Waals surface area contributed by atoms with Crippen molar-refractivity contribution < 1.29 is 14.7 Å². The maximum atomic E-state index is 11.8. The van der Waals surface area contributed by atoms with Crippen LogP contribution < -0.4 is 10.6 Å². The quantitative estimate of drug-likeness (QED) is 0.807. The molecule has 0 spiro atoms. The highest BCUT2D eigenvalue weighted by atomic mass is 16.4. The van der Waals surface area contributed by atoms with E-state index in [1.807, 2.05) is 31.2 Å². The summed E-state index contributed by atoms with van der Waals surface area (Å²) in [5.41, 5.74) is 2.76. The van der Waals surface area contributed by atoms with Gasteiger partial charge in [0.1, 0.15) is 0 Å². The van der Waals surface area contributed by atoms with E-state index < -0.39 is 5.97 Å². The van der Waals surface area contributed by atoms with Gasteiger partial charge in [-0.15, -0.1) is 0 Å². The van der Waals surface area contributed by atoms with Crippen molar-refractivity contribution in [3.63, 3.8) is 0 Å². The van der Waals surface area contributed by atoms with Gasteiger partial charge >= 0.3 is 12.0 Å². The molecule has 3 N–H and O–H groups in total. The molecule has 5 nitrogen and oxygen atoms in total. The Balaban J connectivity index is 1.90. The van der Waals surface area contributed by atoms with Gasteiger partial charge in [0.05, 0.1) is 5.56 Å². The SMILES string of the molecule is Cc1ccc(NC(=O)NCc2cccc(C(=O)O)c2)cc1. The van der Waals surface area contributed by atoms with Crippen molar-refractivity contribution in [2.75, 3.05) is 5.32 Å². The van der Waals surface area contributed by atoms with Gasteiger partial charge < -0.3 is 15.7 Å². The number of carbonyl (C=O) groups is 2. The fourth-order valence-electron chi connectivity index (χ4n) is 1.81. The summed E-state index contributed by atoms with van der Waals surface area (Å²) in [6.07, 6.45) is 0. The van der Waals surface area contributed by atoms with Crippen molar-refractivity contribution in [1.29, 1.82) is 0 Å². The molecule has 0 radical (unpaired) electrons. The second-order valence-corrected chi connectivity index (χ2v) is 4.68. The van der Waals surface area contributed by atoms with Gasteiger partial charge in [0, 0.05) is 12.2 Å². The summed E-state index contributed by atoms with van der Waals surface area (Å²) in [5, 5.41) is 14.3. The van der Waals surface area contributed by atoms with Crippen LogP contribution in [-0.4, -0.2) is 17.1 Å².